The van der Waals surface area contributed by atoms with E-state index in [9.17, 15) is 14.4 Å². The Morgan fingerprint density at radius 1 is 1.45 bits per heavy atom. The van der Waals surface area contributed by atoms with Crippen molar-refractivity contribution in [3.05, 3.63) is 0 Å². The average Bonchev–Trinajstić information content (AvgIpc) is 2.92. The summed E-state index contributed by atoms with van der Waals surface area (Å²) in [6.45, 7) is -0.206. The Balaban J connectivity index is 2.72. The lowest BCUT2D eigenvalue weighted by Gasteiger charge is -2.27. The molecule has 114 valence electrons. The van der Waals surface area contributed by atoms with Gasteiger partial charge in [-0.25, -0.2) is 4.79 Å². The molecule has 0 radical (unpaired) electrons. The van der Waals surface area contributed by atoms with Crippen LogP contribution in [0.4, 0.5) is 0 Å². The number of amides is 2. The zero-order valence-electron chi connectivity index (χ0n) is 10.9. The van der Waals surface area contributed by atoms with Crippen molar-refractivity contribution >= 4 is 30.4 Å². The van der Waals surface area contributed by atoms with E-state index in [2.05, 4.69) is 17.9 Å². The third-order valence-corrected chi connectivity index (χ3v) is 3.52. The summed E-state index contributed by atoms with van der Waals surface area (Å²) in [5, 5.41) is 20.2. The smallest absolute Gasteiger partial charge is 0.326 e. The van der Waals surface area contributed by atoms with Crippen molar-refractivity contribution in [1.82, 2.24) is 10.2 Å². The van der Waals surface area contributed by atoms with E-state index in [0.717, 1.165) is 0 Å². The van der Waals surface area contributed by atoms with Crippen LogP contribution >= 0.6 is 12.6 Å². The Morgan fingerprint density at radius 2 is 2.10 bits per heavy atom. The molecule has 0 spiro atoms. The van der Waals surface area contributed by atoms with Gasteiger partial charge < -0.3 is 26.2 Å². The van der Waals surface area contributed by atoms with Crippen molar-refractivity contribution in [2.45, 2.75) is 31.0 Å². The zero-order chi connectivity index (χ0) is 15.3. The van der Waals surface area contributed by atoms with E-state index in [0.29, 0.717) is 19.4 Å². The molecule has 0 aromatic rings. The van der Waals surface area contributed by atoms with Gasteiger partial charge in [0.05, 0.1) is 6.61 Å². The van der Waals surface area contributed by atoms with Crippen LogP contribution in [0.15, 0.2) is 0 Å². The minimum atomic E-state index is -1.13. The van der Waals surface area contributed by atoms with Crippen LogP contribution in [-0.2, 0) is 14.4 Å². The first-order valence-corrected chi connectivity index (χ1v) is 6.86. The maximum Gasteiger partial charge on any atom is 0.326 e. The summed E-state index contributed by atoms with van der Waals surface area (Å²) in [5.74, 6) is -2.22. The van der Waals surface area contributed by atoms with E-state index < -0.39 is 42.5 Å². The molecule has 2 amide bonds. The van der Waals surface area contributed by atoms with Gasteiger partial charge in [-0.3, -0.25) is 9.59 Å². The number of hydrogen-bond donors (Lipinski definition) is 5. The molecule has 3 atom stereocenters. The van der Waals surface area contributed by atoms with Crippen molar-refractivity contribution in [3.8, 4) is 0 Å². The predicted octanol–water partition coefficient (Wildman–Crippen LogP) is -2.20. The molecule has 9 heteroatoms. The van der Waals surface area contributed by atoms with Crippen molar-refractivity contribution < 1.29 is 24.6 Å². The number of rotatable bonds is 6. The van der Waals surface area contributed by atoms with E-state index in [1.165, 1.54) is 4.90 Å². The highest BCUT2D eigenvalue weighted by Crippen LogP contribution is 2.18. The Bertz CT molecular complexity index is 392. The van der Waals surface area contributed by atoms with Gasteiger partial charge in [0.2, 0.25) is 11.8 Å². The number of nitrogens with two attached hydrogens (primary N) is 1. The van der Waals surface area contributed by atoms with Crippen LogP contribution < -0.4 is 11.1 Å². The number of aliphatic hydroxyl groups excluding tert-OH is 1. The fraction of sp³-hybridized carbons (Fsp3) is 0.727. The van der Waals surface area contributed by atoms with Crippen LogP contribution in [-0.4, -0.2) is 69.9 Å². The third kappa shape index (κ3) is 3.84. The van der Waals surface area contributed by atoms with Crippen LogP contribution in [0.1, 0.15) is 12.8 Å². The second-order valence-electron chi connectivity index (χ2n) is 4.56. The van der Waals surface area contributed by atoms with Crippen molar-refractivity contribution in [2.24, 2.45) is 5.73 Å². The van der Waals surface area contributed by atoms with Crippen molar-refractivity contribution in [1.29, 1.82) is 0 Å². The average molecular weight is 305 g/mol. The Labute approximate surface area is 121 Å². The molecule has 0 bridgehead atoms. The summed E-state index contributed by atoms with van der Waals surface area (Å²) in [6.07, 6.45) is 0.997. The van der Waals surface area contributed by atoms with Crippen molar-refractivity contribution in [2.75, 3.05) is 18.9 Å². The quantitative estimate of drug-likeness (QED) is 0.354. The second kappa shape index (κ2) is 7.46. The highest BCUT2D eigenvalue weighted by Gasteiger charge is 2.37. The van der Waals surface area contributed by atoms with Gasteiger partial charge in [0, 0.05) is 12.3 Å². The van der Waals surface area contributed by atoms with Gasteiger partial charge in [-0.2, -0.15) is 12.6 Å². The highest BCUT2D eigenvalue weighted by molar-refractivity contribution is 7.80. The van der Waals surface area contributed by atoms with E-state index in [-0.39, 0.29) is 5.75 Å². The lowest BCUT2D eigenvalue weighted by Crippen LogP contribution is -2.55. The topological polar surface area (TPSA) is 133 Å². The molecule has 1 aliphatic rings. The first-order valence-electron chi connectivity index (χ1n) is 6.23. The Kier molecular flexibility index (Phi) is 6.24. The fourth-order valence-corrected chi connectivity index (χ4v) is 2.28. The van der Waals surface area contributed by atoms with Gasteiger partial charge in [-0.1, -0.05) is 0 Å². The summed E-state index contributed by atoms with van der Waals surface area (Å²) in [6, 6.07) is -2.95. The van der Waals surface area contributed by atoms with Crippen LogP contribution in [0, 0.1) is 0 Å². The highest BCUT2D eigenvalue weighted by atomic mass is 32.1. The van der Waals surface area contributed by atoms with Gasteiger partial charge in [-0.05, 0) is 12.8 Å². The third-order valence-electron chi connectivity index (χ3n) is 3.15. The summed E-state index contributed by atoms with van der Waals surface area (Å²) in [5.41, 5.74) is 5.34. The Morgan fingerprint density at radius 3 is 2.60 bits per heavy atom. The lowest BCUT2D eigenvalue weighted by molar-refractivity contribution is -0.149. The molecular weight excluding hydrogens is 286 g/mol. The molecular formula is C11H19N3O5S. The van der Waals surface area contributed by atoms with E-state index >= 15 is 0 Å². The SMILES string of the molecule is N[C@@H](CO)C(=O)N[C@@H](CS)C(=O)N1CCC[C@H]1C(=O)O. The zero-order valence-corrected chi connectivity index (χ0v) is 11.8. The van der Waals surface area contributed by atoms with Gasteiger partial charge in [0.25, 0.3) is 0 Å². The molecule has 0 aromatic carbocycles. The van der Waals surface area contributed by atoms with Crippen LogP contribution in [0.5, 0.6) is 0 Å². The molecule has 1 fully saturated rings. The summed E-state index contributed by atoms with van der Waals surface area (Å²) >= 11 is 3.99. The molecule has 1 saturated heterocycles. The van der Waals surface area contributed by atoms with Crippen LogP contribution in [0.25, 0.3) is 0 Å². The fourth-order valence-electron chi connectivity index (χ4n) is 2.03. The number of carbonyl (C=O) groups is 3. The molecule has 1 heterocycles. The number of carboxylic acid groups (broad SMARTS) is 1. The molecule has 0 unspecified atom stereocenters. The van der Waals surface area contributed by atoms with Gasteiger partial charge >= 0.3 is 5.97 Å². The molecule has 0 saturated carbocycles. The van der Waals surface area contributed by atoms with Gasteiger partial charge in [0.1, 0.15) is 18.1 Å². The number of nitrogens with zero attached hydrogens (tertiary/aromatic N) is 1. The van der Waals surface area contributed by atoms with Gasteiger partial charge in [0.15, 0.2) is 0 Å². The standard InChI is InChI=1S/C11H19N3O5S/c12-6(4-15)9(16)13-7(5-20)10(17)14-3-1-2-8(14)11(18)19/h6-8,15,20H,1-5,12H2,(H,13,16)(H,18,19)/t6-,7-,8-/m0/s1. The van der Waals surface area contributed by atoms with Crippen molar-refractivity contribution in [3.63, 3.8) is 0 Å². The van der Waals surface area contributed by atoms with E-state index in [1.807, 2.05) is 0 Å². The first kappa shape index (κ1) is 16.7. The summed E-state index contributed by atoms with van der Waals surface area (Å²) in [7, 11) is 0. The largest absolute Gasteiger partial charge is 0.480 e. The minimum Gasteiger partial charge on any atom is -0.480 e. The normalized spacial score (nSPS) is 21.4. The molecule has 5 N–H and O–H groups in total. The maximum atomic E-state index is 12.2. The number of aliphatic carboxylic acids is 1. The summed E-state index contributed by atoms with van der Waals surface area (Å²) in [4.78, 5) is 36.1. The van der Waals surface area contributed by atoms with Crippen LogP contribution in [0.3, 0.4) is 0 Å². The number of likely N-dealkylation sites (tertiary alicyclic amines) is 1. The molecule has 1 aliphatic heterocycles. The molecule has 8 nitrogen and oxygen atoms in total. The number of hydrogen-bond acceptors (Lipinski definition) is 6. The first-order chi connectivity index (χ1) is 9.42. The number of carbonyl (C=O) groups excluding carboxylic acids is 2. The number of thiol groups is 1. The van der Waals surface area contributed by atoms with E-state index in [1.54, 1.807) is 0 Å². The number of aliphatic hydroxyl groups is 1. The molecule has 0 aromatic heterocycles. The number of carboxylic acids is 1. The Hall–Kier alpha value is -1.32. The lowest BCUT2D eigenvalue weighted by atomic mass is 10.2. The summed E-state index contributed by atoms with van der Waals surface area (Å²) < 4.78 is 0. The molecule has 1 rings (SSSR count). The van der Waals surface area contributed by atoms with Crippen LogP contribution in [0.2, 0.25) is 0 Å². The minimum absolute atomic E-state index is 0.0194. The molecule has 20 heavy (non-hydrogen) atoms. The van der Waals surface area contributed by atoms with Gasteiger partial charge in [-0.15, -0.1) is 0 Å². The van der Waals surface area contributed by atoms with E-state index in [4.69, 9.17) is 15.9 Å². The monoisotopic (exact) mass is 305 g/mol. The second-order valence-corrected chi connectivity index (χ2v) is 4.93. The number of nitrogens with one attached hydrogen (secondary N) is 1. The predicted molar refractivity (Wildman–Crippen MR) is 73.2 cm³/mol. The maximum absolute atomic E-state index is 12.2. The molecule has 0 aliphatic carbocycles.